The number of rotatable bonds is 6. The van der Waals surface area contributed by atoms with Gasteiger partial charge in [-0.15, -0.1) is 36.2 Å². The Morgan fingerprint density at radius 2 is 1.96 bits per heavy atom. The van der Waals surface area contributed by atoms with E-state index in [1.807, 2.05) is 18.2 Å². The summed E-state index contributed by atoms with van der Waals surface area (Å²) in [5.41, 5.74) is 1.04. The summed E-state index contributed by atoms with van der Waals surface area (Å²) in [6.45, 7) is 4.49. The van der Waals surface area contributed by atoms with E-state index in [4.69, 9.17) is 4.98 Å². The molecule has 0 saturated carbocycles. The van der Waals surface area contributed by atoms with Crippen LogP contribution < -0.4 is 10.6 Å². The fourth-order valence-electron chi connectivity index (χ4n) is 3.01. The van der Waals surface area contributed by atoms with Crippen molar-refractivity contribution in [2.45, 2.75) is 25.7 Å². The maximum Gasteiger partial charge on any atom is 0.224 e. The van der Waals surface area contributed by atoms with E-state index in [1.54, 1.807) is 11.3 Å². The number of hydrogen-bond acceptors (Lipinski definition) is 4. The van der Waals surface area contributed by atoms with Crippen molar-refractivity contribution in [2.24, 2.45) is 5.92 Å². The van der Waals surface area contributed by atoms with Gasteiger partial charge in [-0.25, -0.2) is 4.98 Å². The number of nitrogens with zero attached hydrogens (tertiary/aromatic N) is 1. The summed E-state index contributed by atoms with van der Waals surface area (Å²) >= 11 is 1.72. The van der Waals surface area contributed by atoms with E-state index in [-0.39, 0.29) is 42.6 Å². The Hall–Kier alpha value is -1.14. The van der Waals surface area contributed by atoms with Gasteiger partial charge in [0.1, 0.15) is 0 Å². The maximum absolute atomic E-state index is 12.6. The van der Waals surface area contributed by atoms with Crippen molar-refractivity contribution in [2.75, 3.05) is 19.6 Å². The second-order valence-electron chi connectivity index (χ2n) is 5.82. The number of para-hydroxylation sites is 1. The summed E-state index contributed by atoms with van der Waals surface area (Å²) in [5.74, 6) is 0.329. The number of allylic oxidation sites excluding steroid dienone is 2. The quantitative estimate of drug-likeness (QED) is 0.569. The van der Waals surface area contributed by atoms with Crippen LogP contribution in [0.4, 0.5) is 0 Å². The van der Waals surface area contributed by atoms with Crippen LogP contribution in [0.25, 0.3) is 10.2 Å². The second-order valence-corrected chi connectivity index (χ2v) is 6.88. The molecule has 1 amide bonds. The van der Waals surface area contributed by atoms with Crippen molar-refractivity contribution in [3.63, 3.8) is 0 Å². The highest BCUT2D eigenvalue weighted by Crippen LogP contribution is 2.38. The molecule has 7 heteroatoms. The fraction of sp³-hybridized carbons (Fsp3) is 0.444. The van der Waals surface area contributed by atoms with Gasteiger partial charge in [0, 0.05) is 19.0 Å². The SMILES string of the molecule is CCNCCNC(=O)C1CC=CCC1c1nc2ccccc2s1.Cl.Cl. The molecule has 1 aromatic carbocycles. The lowest BCUT2D eigenvalue weighted by molar-refractivity contribution is -0.125. The van der Waals surface area contributed by atoms with E-state index in [9.17, 15) is 4.79 Å². The topological polar surface area (TPSA) is 54.0 Å². The average molecular weight is 402 g/mol. The number of thiazole rings is 1. The van der Waals surface area contributed by atoms with Crippen molar-refractivity contribution >= 4 is 52.3 Å². The van der Waals surface area contributed by atoms with E-state index in [0.717, 1.165) is 36.5 Å². The number of amides is 1. The van der Waals surface area contributed by atoms with Gasteiger partial charge >= 0.3 is 0 Å². The summed E-state index contributed by atoms with van der Waals surface area (Å²) in [7, 11) is 0. The van der Waals surface area contributed by atoms with Gasteiger partial charge in [0.2, 0.25) is 5.91 Å². The van der Waals surface area contributed by atoms with Gasteiger partial charge < -0.3 is 10.6 Å². The van der Waals surface area contributed by atoms with Crippen molar-refractivity contribution in [1.29, 1.82) is 0 Å². The second kappa shape index (κ2) is 10.8. The molecule has 3 rings (SSSR count). The molecule has 2 N–H and O–H groups in total. The van der Waals surface area contributed by atoms with Gasteiger partial charge in [-0.2, -0.15) is 0 Å². The third-order valence-corrected chi connectivity index (χ3v) is 5.42. The molecule has 0 aliphatic heterocycles. The Morgan fingerprint density at radius 1 is 1.20 bits per heavy atom. The predicted molar refractivity (Wildman–Crippen MR) is 110 cm³/mol. The highest BCUT2D eigenvalue weighted by molar-refractivity contribution is 7.18. The van der Waals surface area contributed by atoms with Gasteiger partial charge in [-0.05, 0) is 31.5 Å². The molecule has 0 bridgehead atoms. The molecule has 0 saturated heterocycles. The third-order valence-electron chi connectivity index (χ3n) is 4.25. The van der Waals surface area contributed by atoms with E-state index in [1.165, 1.54) is 4.70 Å². The van der Waals surface area contributed by atoms with Crippen LogP contribution >= 0.6 is 36.2 Å². The molecule has 2 unspecified atom stereocenters. The van der Waals surface area contributed by atoms with Crippen molar-refractivity contribution in [3.05, 3.63) is 41.4 Å². The third kappa shape index (κ3) is 5.42. The van der Waals surface area contributed by atoms with Crippen LogP contribution in [0, 0.1) is 5.92 Å². The minimum atomic E-state index is -0.0119. The smallest absolute Gasteiger partial charge is 0.224 e. The van der Waals surface area contributed by atoms with Crippen LogP contribution in [0.3, 0.4) is 0 Å². The molecule has 1 heterocycles. The number of carbonyl (C=O) groups is 1. The van der Waals surface area contributed by atoms with E-state index in [0.29, 0.717) is 6.54 Å². The summed E-state index contributed by atoms with van der Waals surface area (Å²) in [5, 5.41) is 7.38. The van der Waals surface area contributed by atoms with E-state index < -0.39 is 0 Å². The minimum Gasteiger partial charge on any atom is -0.355 e. The van der Waals surface area contributed by atoms with Gasteiger partial charge in [0.05, 0.1) is 21.1 Å². The monoisotopic (exact) mass is 401 g/mol. The zero-order valence-electron chi connectivity index (χ0n) is 14.2. The van der Waals surface area contributed by atoms with Crippen LogP contribution in [0.15, 0.2) is 36.4 Å². The predicted octanol–water partition coefficient (Wildman–Crippen LogP) is 3.92. The number of halogens is 2. The zero-order valence-corrected chi connectivity index (χ0v) is 16.7. The standard InChI is InChI=1S/C18H23N3OS.2ClH/c1-2-19-11-12-20-17(22)13-7-3-4-8-14(13)18-21-15-9-5-6-10-16(15)23-18;;/h3-6,9-10,13-14,19H,2,7-8,11-12H2,1H3,(H,20,22);2*1H. The lowest BCUT2D eigenvalue weighted by Crippen LogP contribution is -2.38. The van der Waals surface area contributed by atoms with Gasteiger partial charge in [0.25, 0.3) is 0 Å². The first-order chi connectivity index (χ1) is 11.3. The van der Waals surface area contributed by atoms with Crippen LogP contribution in [0.1, 0.15) is 30.7 Å². The summed E-state index contributed by atoms with van der Waals surface area (Å²) in [4.78, 5) is 17.3. The summed E-state index contributed by atoms with van der Waals surface area (Å²) < 4.78 is 1.20. The number of aromatic nitrogens is 1. The molecule has 25 heavy (non-hydrogen) atoms. The minimum absolute atomic E-state index is 0. The molecular weight excluding hydrogens is 377 g/mol. The molecule has 1 aliphatic carbocycles. The van der Waals surface area contributed by atoms with E-state index >= 15 is 0 Å². The molecule has 2 atom stereocenters. The van der Waals surface area contributed by atoms with Crippen LogP contribution in [-0.4, -0.2) is 30.5 Å². The Bertz CT molecular complexity index is 671. The lowest BCUT2D eigenvalue weighted by Gasteiger charge is -2.26. The molecule has 0 spiro atoms. The number of nitrogens with one attached hydrogen (secondary N) is 2. The molecule has 1 aliphatic rings. The Labute approximate surface area is 165 Å². The Morgan fingerprint density at radius 3 is 2.72 bits per heavy atom. The molecule has 4 nitrogen and oxygen atoms in total. The van der Waals surface area contributed by atoms with Crippen molar-refractivity contribution in [3.8, 4) is 0 Å². The van der Waals surface area contributed by atoms with Crippen LogP contribution in [-0.2, 0) is 4.79 Å². The first-order valence-corrected chi connectivity index (χ1v) is 9.10. The molecule has 138 valence electrons. The highest BCUT2D eigenvalue weighted by atomic mass is 35.5. The number of hydrogen-bond donors (Lipinski definition) is 2. The van der Waals surface area contributed by atoms with Gasteiger partial charge in [0.15, 0.2) is 0 Å². The van der Waals surface area contributed by atoms with Gasteiger partial charge in [-0.1, -0.05) is 31.2 Å². The number of likely N-dealkylation sites (N-methyl/N-ethyl adjacent to an activating group) is 1. The number of benzene rings is 1. The van der Waals surface area contributed by atoms with Crippen LogP contribution in [0.2, 0.25) is 0 Å². The Balaban J connectivity index is 0.00000156. The Kier molecular flexibility index (Phi) is 9.43. The molecule has 0 fully saturated rings. The normalized spacial score (nSPS) is 19.1. The first-order valence-electron chi connectivity index (χ1n) is 8.28. The number of fused-ring (bicyclic) bond motifs is 1. The molecular formula is C18H25Cl2N3OS. The van der Waals surface area contributed by atoms with Gasteiger partial charge in [-0.3, -0.25) is 4.79 Å². The zero-order chi connectivity index (χ0) is 16.1. The number of carbonyl (C=O) groups excluding carboxylic acids is 1. The lowest BCUT2D eigenvalue weighted by atomic mass is 9.82. The first kappa shape index (κ1) is 21.9. The maximum atomic E-state index is 12.6. The molecule has 2 aromatic rings. The van der Waals surface area contributed by atoms with Crippen molar-refractivity contribution in [1.82, 2.24) is 15.6 Å². The average Bonchev–Trinajstić information content (AvgIpc) is 3.02. The highest BCUT2D eigenvalue weighted by Gasteiger charge is 2.32. The summed E-state index contributed by atoms with van der Waals surface area (Å²) in [6.07, 6.45) is 6.00. The van der Waals surface area contributed by atoms with E-state index in [2.05, 4.69) is 35.8 Å². The molecule has 0 radical (unpaired) electrons. The van der Waals surface area contributed by atoms with Crippen LogP contribution in [0.5, 0.6) is 0 Å². The fourth-order valence-corrected chi connectivity index (χ4v) is 4.15. The molecule has 1 aromatic heterocycles. The largest absolute Gasteiger partial charge is 0.355 e. The summed E-state index contributed by atoms with van der Waals surface area (Å²) in [6, 6.07) is 8.19. The van der Waals surface area contributed by atoms with Crippen molar-refractivity contribution < 1.29 is 4.79 Å².